The molecule has 0 fully saturated rings. The van der Waals surface area contributed by atoms with Crippen molar-refractivity contribution in [1.29, 1.82) is 0 Å². The van der Waals surface area contributed by atoms with E-state index >= 15 is 4.39 Å². The number of primary amides is 1. The summed E-state index contributed by atoms with van der Waals surface area (Å²) in [6, 6.07) is 16.9. The molecule has 0 bridgehead atoms. The lowest BCUT2D eigenvalue weighted by molar-refractivity contribution is 0.0964. The van der Waals surface area contributed by atoms with E-state index in [1.165, 1.54) is 18.5 Å². The number of nitrogens with zero attached hydrogens (tertiary/aromatic N) is 2. The number of Topliss-reactive ketones (excluding diaryl/α,β-unsaturated/α-hetero) is 1. The Kier molecular flexibility index (Phi) is 6.22. The van der Waals surface area contributed by atoms with Gasteiger partial charge in [-0.2, -0.15) is 0 Å². The standard InChI is InChI=1S/C27H23FN4O4S/c1-37(35,36)25-8-3-2-7-19(25)16-9-10-20(21(28)12-16)22-13-24(33)26-23(14-30-22)31-15-32(26)18-6-4-5-17(11-18)27(29)34/h2-12,15,22,30H,13-14H2,1H3,(H2,29,34). The highest BCUT2D eigenvalue weighted by atomic mass is 32.2. The zero-order valence-corrected chi connectivity index (χ0v) is 20.6. The number of ketones is 1. The Balaban J connectivity index is 1.46. The summed E-state index contributed by atoms with van der Waals surface area (Å²) in [5.41, 5.74) is 8.25. The molecule has 3 aromatic carbocycles. The highest BCUT2D eigenvalue weighted by molar-refractivity contribution is 7.90. The molecule has 2 heterocycles. The van der Waals surface area contributed by atoms with Crippen LogP contribution in [0.25, 0.3) is 16.8 Å². The van der Waals surface area contributed by atoms with Crippen LogP contribution < -0.4 is 11.1 Å². The van der Waals surface area contributed by atoms with Gasteiger partial charge in [0, 0.05) is 47.6 Å². The molecule has 0 spiro atoms. The van der Waals surface area contributed by atoms with E-state index in [1.54, 1.807) is 59.2 Å². The van der Waals surface area contributed by atoms with Crippen molar-refractivity contribution in [3.8, 4) is 16.8 Å². The molecule has 0 saturated carbocycles. The minimum absolute atomic E-state index is 0.0234. The fourth-order valence-corrected chi connectivity index (χ4v) is 5.53. The highest BCUT2D eigenvalue weighted by Crippen LogP contribution is 2.32. The monoisotopic (exact) mass is 518 g/mol. The van der Waals surface area contributed by atoms with Gasteiger partial charge in [-0.1, -0.05) is 36.4 Å². The number of halogens is 1. The Hall–Kier alpha value is -4.15. The molecule has 0 radical (unpaired) electrons. The first-order valence-electron chi connectivity index (χ1n) is 11.5. The number of carbonyl (C=O) groups is 2. The summed E-state index contributed by atoms with van der Waals surface area (Å²) in [6.07, 6.45) is 2.60. The van der Waals surface area contributed by atoms with Crippen LogP contribution in [0.15, 0.2) is 78.0 Å². The van der Waals surface area contributed by atoms with Crippen LogP contribution in [0, 0.1) is 5.82 Å². The van der Waals surface area contributed by atoms with Crippen molar-refractivity contribution in [3.05, 3.63) is 101 Å². The number of hydrogen-bond donors (Lipinski definition) is 2. The number of rotatable bonds is 5. The quantitative estimate of drug-likeness (QED) is 0.416. The smallest absolute Gasteiger partial charge is 0.248 e. The van der Waals surface area contributed by atoms with E-state index in [0.717, 1.165) is 6.26 Å². The van der Waals surface area contributed by atoms with Crippen LogP contribution in [0.2, 0.25) is 0 Å². The molecule has 10 heteroatoms. The maximum absolute atomic E-state index is 15.4. The van der Waals surface area contributed by atoms with Gasteiger partial charge in [-0.15, -0.1) is 0 Å². The highest BCUT2D eigenvalue weighted by Gasteiger charge is 2.29. The molecule has 1 unspecified atom stereocenters. The average Bonchev–Trinajstić information content (AvgIpc) is 3.23. The molecule has 8 nitrogen and oxygen atoms in total. The largest absolute Gasteiger partial charge is 0.366 e. The molecule has 0 aliphatic carbocycles. The molecule has 188 valence electrons. The minimum atomic E-state index is -3.51. The number of sulfone groups is 1. The van der Waals surface area contributed by atoms with E-state index < -0.39 is 27.6 Å². The number of nitrogens with two attached hydrogens (primary N) is 1. The number of amides is 1. The van der Waals surface area contributed by atoms with E-state index in [1.807, 2.05) is 0 Å². The number of imidazole rings is 1. The van der Waals surface area contributed by atoms with Crippen molar-refractivity contribution >= 4 is 21.5 Å². The topological polar surface area (TPSA) is 124 Å². The molecule has 3 N–H and O–H groups in total. The van der Waals surface area contributed by atoms with Crippen LogP contribution >= 0.6 is 0 Å². The van der Waals surface area contributed by atoms with Gasteiger partial charge in [-0.25, -0.2) is 17.8 Å². The third kappa shape index (κ3) is 4.68. The Morgan fingerprint density at radius 2 is 1.89 bits per heavy atom. The van der Waals surface area contributed by atoms with Gasteiger partial charge in [0.15, 0.2) is 15.6 Å². The summed E-state index contributed by atoms with van der Waals surface area (Å²) in [4.78, 5) is 29.4. The van der Waals surface area contributed by atoms with Crippen molar-refractivity contribution < 1.29 is 22.4 Å². The number of fused-ring (bicyclic) bond motifs is 1. The van der Waals surface area contributed by atoms with Crippen molar-refractivity contribution in [2.75, 3.05) is 6.26 Å². The predicted molar refractivity (Wildman–Crippen MR) is 136 cm³/mol. The van der Waals surface area contributed by atoms with Crippen LogP contribution in [0.1, 0.15) is 44.6 Å². The van der Waals surface area contributed by atoms with Gasteiger partial charge in [0.05, 0.1) is 10.6 Å². The summed E-state index contributed by atoms with van der Waals surface area (Å²) < 4.78 is 41.4. The molecule has 1 atom stereocenters. The van der Waals surface area contributed by atoms with Gasteiger partial charge in [-0.3, -0.25) is 14.2 Å². The molecular formula is C27H23FN4O4S. The summed E-state index contributed by atoms with van der Waals surface area (Å²) >= 11 is 0. The third-order valence-electron chi connectivity index (χ3n) is 6.40. The third-order valence-corrected chi connectivity index (χ3v) is 7.55. The maximum Gasteiger partial charge on any atom is 0.248 e. The number of aromatic nitrogens is 2. The van der Waals surface area contributed by atoms with E-state index in [-0.39, 0.29) is 23.6 Å². The SMILES string of the molecule is CS(=O)(=O)c1ccccc1-c1ccc(C2CC(=O)c3c(ncn3-c3cccc(C(N)=O)c3)CN2)c(F)c1. The van der Waals surface area contributed by atoms with Crippen molar-refractivity contribution in [3.63, 3.8) is 0 Å². The first-order chi connectivity index (χ1) is 17.6. The van der Waals surface area contributed by atoms with E-state index in [0.29, 0.717) is 39.3 Å². The summed E-state index contributed by atoms with van der Waals surface area (Å²) in [5.74, 6) is -1.38. The molecule has 1 aliphatic rings. The predicted octanol–water partition coefficient (Wildman–Crippen LogP) is 3.60. The Labute approximate surface area is 212 Å². The van der Waals surface area contributed by atoms with Crippen LogP contribution in [0.4, 0.5) is 4.39 Å². The first-order valence-corrected chi connectivity index (χ1v) is 13.3. The second-order valence-corrected chi connectivity index (χ2v) is 10.9. The zero-order chi connectivity index (χ0) is 26.3. The van der Waals surface area contributed by atoms with Crippen LogP contribution in [-0.4, -0.2) is 35.9 Å². The first kappa shape index (κ1) is 24.5. The van der Waals surface area contributed by atoms with Gasteiger partial charge < -0.3 is 11.1 Å². The van der Waals surface area contributed by atoms with Crippen LogP contribution in [-0.2, 0) is 16.4 Å². The summed E-state index contributed by atoms with van der Waals surface area (Å²) in [7, 11) is -3.51. The fourth-order valence-electron chi connectivity index (χ4n) is 4.61. The summed E-state index contributed by atoms with van der Waals surface area (Å²) in [6.45, 7) is 0.229. The van der Waals surface area contributed by atoms with Gasteiger partial charge in [0.2, 0.25) is 5.91 Å². The van der Waals surface area contributed by atoms with Crippen LogP contribution in [0.5, 0.6) is 0 Å². The summed E-state index contributed by atoms with van der Waals surface area (Å²) in [5, 5.41) is 3.21. The molecule has 37 heavy (non-hydrogen) atoms. The lowest BCUT2D eigenvalue weighted by Gasteiger charge is -2.18. The molecule has 4 aromatic rings. The van der Waals surface area contributed by atoms with Gasteiger partial charge in [0.1, 0.15) is 17.8 Å². The Bertz CT molecular complexity index is 1660. The van der Waals surface area contributed by atoms with Crippen molar-refractivity contribution in [2.45, 2.75) is 23.9 Å². The molecule has 1 aliphatic heterocycles. The number of nitrogens with one attached hydrogen (secondary N) is 1. The molecular weight excluding hydrogens is 495 g/mol. The van der Waals surface area contributed by atoms with E-state index in [9.17, 15) is 18.0 Å². The lowest BCUT2D eigenvalue weighted by Crippen LogP contribution is -2.21. The second kappa shape index (κ2) is 9.38. The number of benzene rings is 3. The van der Waals surface area contributed by atoms with Crippen molar-refractivity contribution in [2.24, 2.45) is 5.73 Å². The average molecular weight is 519 g/mol. The van der Waals surface area contributed by atoms with E-state index in [2.05, 4.69) is 10.3 Å². The molecule has 1 aromatic heterocycles. The van der Waals surface area contributed by atoms with Gasteiger partial charge >= 0.3 is 0 Å². The molecule has 1 amide bonds. The van der Waals surface area contributed by atoms with Crippen molar-refractivity contribution in [1.82, 2.24) is 14.9 Å². The Morgan fingerprint density at radius 1 is 1.11 bits per heavy atom. The molecule has 5 rings (SSSR count). The number of hydrogen-bond acceptors (Lipinski definition) is 6. The number of carbonyl (C=O) groups excluding carboxylic acids is 2. The lowest BCUT2D eigenvalue weighted by atomic mass is 9.97. The van der Waals surface area contributed by atoms with Crippen LogP contribution in [0.3, 0.4) is 0 Å². The maximum atomic E-state index is 15.4. The van der Waals surface area contributed by atoms with Gasteiger partial charge in [-0.05, 0) is 35.9 Å². The second-order valence-electron chi connectivity index (χ2n) is 8.89. The van der Waals surface area contributed by atoms with Gasteiger partial charge in [0.25, 0.3) is 0 Å². The minimum Gasteiger partial charge on any atom is -0.366 e. The molecule has 0 saturated heterocycles. The fraction of sp³-hybridized carbons (Fsp3) is 0.148. The normalized spacial score (nSPS) is 15.7. The zero-order valence-electron chi connectivity index (χ0n) is 19.8. The van der Waals surface area contributed by atoms with E-state index in [4.69, 9.17) is 5.73 Å². The Morgan fingerprint density at radius 3 is 2.62 bits per heavy atom.